The molecule has 0 spiro atoms. The van der Waals surface area contributed by atoms with Crippen LogP contribution in [0.3, 0.4) is 0 Å². The summed E-state index contributed by atoms with van der Waals surface area (Å²) in [5.74, 6) is 2.10. The van der Waals surface area contributed by atoms with Crippen LogP contribution >= 0.6 is 35.7 Å². The van der Waals surface area contributed by atoms with Crippen LogP contribution in [0.2, 0.25) is 0 Å². The molecule has 1 aromatic heterocycles. The van der Waals surface area contributed by atoms with Crippen molar-refractivity contribution in [1.29, 1.82) is 0 Å². The highest BCUT2D eigenvalue weighted by molar-refractivity contribution is 14.0. The summed E-state index contributed by atoms with van der Waals surface area (Å²) in [5, 5.41) is 11.0. The van der Waals surface area contributed by atoms with Gasteiger partial charge in [-0.15, -0.1) is 24.0 Å². The third kappa shape index (κ3) is 8.13. The number of unbranched alkanes of at least 4 members (excludes halogenated alkanes) is 1. The number of nitrogens with one attached hydrogen (secondary N) is 2. The van der Waals surface area contributed by atoms with Crippen molar-refractivity contribution < 1.29 is 0 Å². The molecule has 0 saturated heterocycles. The second kappa shape index (κ2) is 13.0. The molecular weight excluding hydrogens is 445 g/mol. The molecule has 0 aliphatic heterocycles. The first-order valence-corrected chi connectivity index (χ1v) is 9.83. The molecule has 0 radical (unpaired) electrons. The minimum Gasteiger partial charge on any atom is -0.357 e. The number of rotatable bonds is 9. The van der Waals surface area contributed by atoms with Crippen molar-refractivity contribution in [2.24, 2.45) is 4.99 Å². The van der Waals surface area contributed by atoms with Crippen LogP contribution in [-0.2, 0) is 6.54 Å². The first kappa shape index (κ1) is 21.8. The summed E-state index contributed by atoms with van der Waals surface area (Å²) >= 11 is 1.90. The van der Waals surface area contributed by atoms with E-state index in [9.17, 15) is 0 Å². The van der Waals surface area contributed by atoms with Gasteiger partial charge in [0.15, 0.2) is 5.96 Å². The topological polar surface area (TPSA) is 54.2 Å². The Morgan fingerprint density at radius 2 is 2.12 bits per heavy atom. The van der Waals surface area contributed by atoms with Gasteiger partial charge >= 0.3 is 0 Å². The molecule has 2 rings (SSSR count). The lowest BCUT2D eigenvalue weighted by Crippen LogP contribution is -2.37. The minimum absolute atomic E-state index is 0. The van der Waals surface area contributed by atoms with E-state index in [1.807, 2.05) is 34.8 Å². The Morgan fingerprint density at radius 1 is 1.24 bits per heavy atom. The maximum atomic E-state index is 4.68. The summed E-state index contributed by atoms with van der Waals surface area (Å²) in [6.07, 6.45) is 8.29. The zero-order chi connectivity index (χ0) is 17.0. The van der Waals surface area contributed by atoms with Gasteiger partial charge in [0.2, 0.25) is 0 Å². The fourth-order valence-corrected chi connectivity index (χ4v) is 2.80. The van der Waals surface area contributed by atoms with Crippen LogP contribution in [0.15, 0.2) is 47.7 Å². The van der Waals surface area contributed by atoms with Gasteiger partial charge in [0, 0.05) is 25.5 Å². The molecule has 1 aromatic carbocycles. The molecule has 0 atom stereocenters. The predicted molar refractivity (Wildman–Crippen MR) is 119 cm³/mol. The molecule has 0 unspecified atom stereocenters. The smallest absolute Gasteiger partial charge is 0.191 e. The van der Waals surface area contributed by atoms with Gasteiger partial charge < -0.3 is 10.6 Å². The molecule has 7 heteroatoms. The summed E-state index contributed by atoms with van der Waals surface area (Å²) in [5.41, 5.74) is 2.23. The van der Waals surface area contributed by atoms with E-state index in [1.165, 1.54) is 24.2 Å². The van der Waals surface area contributed by atoms with Crippen LogP contribution < -0.4 is 10.6 Å². The van der Waals surface area contributed by atoms with Gasteiger partial charge in [-0.05, 0) is 55.5 Å². The van der Waals surface area contributed by atoms with E-state index in [2.05, 4.69) is 52.1 Å². The molecule has 1 heterocycles. The highest BCUT2D eigenvalue weighted by Gasteiger charge is 2.00. The molecule has 0 saturated carbocycles. The second-order valence-electron chi connectivity index (χ2n) is 5.44. The highest BCUT2D eigenvalue weighted by Crippen LogP contribution is 2.10. The number of guanidine groups is 1. The van der Waals surface area contributed by atoms with Crippen LogP contribution in [-0.4, -0.2) is 40.8 Å². The highest BCUT2D eigenvalue weighted by atomic mass is 127. The van der Waals surface area contributed by atoms with Crippen LogP contribution in [0.5, 0.6) is 0 Å². The molecule has 2 aromatic rings. The first-order valence-electron chi connectivity index (χ1n) is 8.43. The number of halogens is 1. The van der Waals surface area contributed by atoms with Gasteiger partial charge in [-0.2, -0.15) is 16.9 Å². The minimum atomic E-state index is 0. The lowest BCUT2D eigenvalue weighted by atomic mass is 10.2. The average Bonchev–Trinajstić information content (AvgIpc) is 3.14. The van der Waals surface area contributed by atoms with Crippen LogP contribution in [0.1, 0.15) is 25.3 Å². The van der Waals surface area contributed by atoms with Crippen molar-refractivity contribution in [3.63, 3.8) is 0 Å². The van der Waals surface area contributed by atoms with Gasteiger partial charge in [-0.1, -0.05) is 12.1 Å². The summed E-state index contributed by atoms with van der Waals surface area (Å²) in [6.45, 7) is 4.56. The molecule has 0 aliphatic carbocycles. The van der Waals surface area contributed by atoms with Crippen molar-refractivity contribution >= 4 is 41.7 Å². The van der Waals surface area contributed by atoms with Gasteiger partial charge in [0.25, 0.3) is 0 Å². The lowest BCUT2D eigenvalue weighted by molar-refractivity contribution is 0.734. The monoisotopic (exact) mass is 473 g/mol. The van der Waals surface area contributed by atoms with Gasteiger partial charge in [0.05, 0.1) is 12.2 Å². The summed E-state index contributed by atoms with van der Waals surface area (Å²) in [7, 11) is 0. The normalized spacial score (nSPS) is 11.0. The molecule has 0 fully saturated rings. The Bertz CT molecular complexity index is 616. The van der Waals surface area contributed by atoms with Crippen LogP contribution in [0, 0.1) is 0 Å². The zero-order valence-corrected chi connectivity index (χ0v) is 18.1. The van der Waals surface area contributed by atoms with E-state index in [0.717, 1.165) is 24.7 Å². The largest absolute Gasteiger partial charge is 0.357 e. The number of hydrogen-bond acceptors (Lipinski definition) is 3. The molecule has 0 amide bonds. The zero-order valence-electron chi connectivity index (χ0n) is 14.9. The quantitative estimate of drug-likeness (QED) is 0.253. The summed E-state index contributed by atoms with van der Waals surface area (Å²) < 4.78 is 1.86. The van der Waals surface area contributed by atoms with E-state index in [0.29, 0.717) is 6.54 Å². The molecule has 25 heavy (non-hydrogen) atoms. The average molecular weight is 473 g/mol. The third-order valence-electron chi connectivity index (χ3n) is 3.51. The molecular formula is C18H28IN5S. The van der Waals surface area contributed by atoms with Crippen LogP contribution in [0.25, 0.3) is 5.69 Å². The second-order valence-corrected chi connectivity index (χ2v) is 6.43. The van der Waals surface area contributed by atoms with Gasteiger partial charge in [-0.3, -0.25) is 0 Å². The SMILES string of the molecule is CCNC(=NCc1cccc(-n2cccn2)c1)NCCCCSC.I. The van der Waals surface area contributed by atoms with Gasteiger partial charge in [0.1, 0.15) is 0 Å². The maximum Gasteiger partial charge on any atom is 0.191 e. The van der Waals surface area contributed by atoms with E-state index in [1.54, 1.807) is 6.20 Å². The number of aromatic nitrogens is 2. The van der Waals surface area contributed by atoms with Crippen molar-refractivity contribution in [3.05, 3.63) is 48.3 Å². The van der Waals surface area contributed by atoms with E-state index in [4.69, 9.17) is 0 Å². The molecule has 2 N–H and O–H groups in total. The van der Waals surface area contributed by atoms with E-state index in [-0.39, 0.29) is 24.0 Å². The Balaban J connectivity index is 0.00000312. The number of nitrogens with zero attached hydrogens (tertiary/aromatic N) is 3. The van der Waals surface area contributed by atoms with Crippen molar-refractivity contribution in [2.75, 3.05) is 25.1 Å². The molecule has 0 aliphatic rings. The number of benzene rings is 1. The third-order valence-corrected chi connectivity index (χ3v) is 4.21. The van der Waals surface area contributed by atoms with Crippen LogP contribution in [0.4, 0.5) is 0 Å². The maximum absolute atomic E-state index is 4.68. The summed E-state index contributed by atoms with van der Waals surface area (Å²) in [4.78, 5) is 4.68. The Labute approximate surface area is 172 Å². The van der Waals surface area contributed by atoms with Gasteiger partial charge in [-0.25, -0.2) is 9.67 Å². The number of aliphatic imine (C=N–C) groups is 1. The lowest BCUT2D eigenvalue weighted by Gasteiger charge is -2.11. The Kier molecular flexibility index (Phi) is 11.4. The number of hydrogen-bond donors (Lipinski definition) is 2. The molecule has 138 valence electrons. The van der Waals surface area contributed by atoms with Crippen molar-refractivity contribution in [2.45, 2.75) is 26.3 Å². The van der Waals surface area contributed by atoms with E-state index < -0.39 is 0 Å². The predicted octanol–water partition coefficient (Wildman–Crippen LogP) is 3.69. The van der Waals surface area contributed by atoms with Crippen molar-refractivity contribution in [3.8, 4) is 5.69 Å². The van der Waals surface area contributed by atoms with Crippen molar-refractivity contribution in [1.82, 2.24) is 20.4 Å². The van der Waals surface area contributed by atoms with E-state index >= 15 is 0 Å². The fourth-order valence-electron chi connectivity index (χ4n) is 2.31. The standard InChI is InChI=1S/C18H27N5S.HI/c1-3-19-18(20-10-4-5-13-24-2)21-15-16-8-6-9-17(14-16)23-12-7-11-22-23;/h6-9,11-12,14H,3-5,10,13,15H2,1-2H3,(H2,19,20,21);1H. The Hall–Kier alpha value is -1.22. The summed E-state index contributed by atoms with van der Waals surface area (Å²) in [6, 6.07) is 10.2. The molecule has 0 bridgehead atoms. The fraction of sp³-hybridized carbons (Fsp3) is 0.444. The first-order chi connectivity index (χ1) is 11.8. The number of thioether (sulfide) groups is 1. The Morgan fingerprint density at radius 3 is 2.84 bits per heavy atom. The molecule has 5 nitrogen and oxygen atoms in total.